The summed E-state index contributed by atoms with van der Waals surface area (Å²) in [6, 6.07) is 0. The van der Waals surface area contributed by atoms with E-state index in [0.29, 0.717) is 16.2 Å². The number of nitrogens with zero attached hydrogens (tertiary/aromatic N) is 1. The Morgan fingerprint density at radius 3 is 2.76 bits per heavy atom. The fourth-order valence-corrected chi connectivity index (χ4v) is 3.85. The fraction of sp³-hybridized carbons (Fsp3) is 0.700. The molecule has 2 heterocycles. The van der Waals surface area contributed by atoms with Crippen molar-refractivity contribution in [2.24, 2.45) is 5.92 Å². The van der Waals surface area contributed by atoms with Gasteiger partial charge in [0.15, 0.2) is 5.01 Å². The van der Waals surface area contributed by atoms with Crippen LogP contribution in [0.3, 0.4) is 0 Å². The molecule has 2 unspecified atom stereocenters. The maximum Gasteiger partial charge on any atom is 0.443 e. The summed E-state index contributed by atoms with van der Waals surface area (Å²) < 4.78 is 37.1. The van der Waals surface area contributed by atoms with E-state index in [2.05, 4.69) is 4.98 Å². The van der Waals surface area contributed by atoms with Crippen LogP contribution in [-0.2, 0) is 6.18 Å². The summed E-state index contributed by atoms with van der Waals surface area (Å²) in [5.74, 6) is 1.93. The van der Waals surface area contributed by atoms with Crippen LogP contribution in [0.15, 0.2) is 6.20 Å². The molecule has 1 N–H and O–H groups in total. The Bertz CT molecular complexity index is 374. The van der Waals surface area contributed by atoms with E-state index in [-0.39, 0.29) is 5.92 Å². The van der Waals surface area contributed by atoms with Crippen molar-refractivity contribution < 1.29 is 18.3 Å². The first kappa shape index (κ1) is 13.2. The topological polar surface area (TPSA) is 33.1 Å². The van der Waals surface area contributed by atoms with Crippen LogP contribution in [0.2, 0.25) is 0 Å². The normalized spacial score (nSPS) is 23.6. The second-order valence-electron chi connectivity index (χ2n) is 3.99. The van der Waals surface area contributed by atoms with Crippen LogP contribution in [0.25, 0.3) is 0 Å². The zero-order valence-electron chi connectivity index (χ0n) is 8.91. The molecule has 1 aromatic rings. The number of alkyl halides is 3. The maximum absolute atomic E-state index is 12.4. The molecule has 2 atom stereocenters. The predicted octanol–water partition coefficient (Wildman–Crippen LogP) is 3.34. The van der Waals surface area contributed by atoms with Gasteiger partial charge < -0.3 is 5.11 Å². The maximum atomic E-state index is 12.4. The molecule has 0 saturated carbocycles. The van der Waals surface area contributed by atoms with Crippen molar-refractivity contribution >= 4 is 23.1 Å². The Morgan fingerprint density at radius 2 is 2.24 bits per heavy atom. The zero-order chi connectivity index (χ0) is 12.5. The molecule has 1 saturated heterocycles. The summed E-state index contributed by atoms with van der Waals surface area (Å²) in [5, 5.41) is 9.13. The molecule has 17 heavy (non-hydrogen) atoms. The van der Waals surface area contributed by atoms with Crippen molar-refractivity contribution in [3.63, 3.8) is 0 Å². The molecule has 1 fully saturated rings. The Hall–Kier alpha value is -0.270. The van der Waals surface area contributed by atoms with Crippen LogP contribution in [0, 0.1) is 5.92 Å². The van der Waals surface area contributed by atoms with Gasteiger partial charge in [0.2, 0.25) is 0 Å². The minimum absolute atomic E-state index is 0.0512. The molecule has 1 aliphatic rings. The molecular weight excluding hydrogens is 271 g/mol. The predicted molar refractivity (Wildman–Crippen MR) is 62.1 cm³/mol. The van der Waals surface area contributed by atoms with Gasteiger partial charge in [0.1, 0.15) is 0 Å². The van der Waals surface area contributed by atoms with Crippen LogP contribution in [0.1, 0.15) is 28.8 Å². The number of hydrogen-bond acceptors (Lipinski definition) is 4. The molecule has 2 nitrogen and oxygen atoms in total. The minimum Gasteiger partial charge on any atom is -0.387 e. The minimum atomic E-state index is -4.41. The van der Waals surface area contributed by atoms with Gasteiger partial charge in [0.25, 0.3) is 0 Å². The Labute approximate surface area is 105 Å². The van der Waals surface area contributed by atoms with Crippen molar-refractivity contribution in [3.05, 3.63) is 16.1 Å². The highest BCUT2D eigenvalue weighted by Crippen LogP contribution is 2.38. The summed E-state index contributed by atoms with van der Waals surface area (Å²) in [6.07, 6.45) is -2.19. The standard InChI is InChI=1S/C10H12F3NOS2/c11-10(12,13)9-14-4-7(17-9)8(15)6-2-1-3-16-5-6/h4,6,8,15H,1-3,5H2. The summed E-state index contributed by atoms with van der Waals surface area (Å²) in [7, 11) is 0. The molecule has 1 aromatic heterocycles. The lowest BCUT2D eigenvalue weighted by Gasteiger charge is -2.25. The molecule has 0 radical (unpaired) electrons. The second-order valence-corrected chi connectivity index (χ2v) is 6.20. The number of thiazole rings is 1. The zero-order valence-corrected chi connectivity index (χ0v) is 10.5. The third kappa shape index (κ3) is 3.14. The van der Waals surface area contributed by atoms with E-state index >= 15 is 0 Å². The molecule has 0 spiro atoms. The Kier molecular flexibility index (Phi) is 3.99. The van der Waals surface area contributed by atoms with E-state index in [1.807, 2.05) is 0 Å². The first-order valence-corrected chi connectivity index (χ1v) is 7.24. The van der Waals surface area contributed by atoms with Gasteiger partial charge in [-0.05, 0) is 30.3 Å². The van der Waals surface area contributed by atoms with Crippen LogP contribution in [-0.4, -0.2) is 21.6 Å². The molecule has 96 valence electrons. The average molecular weight is 283 g/mol. The van der Waals surface area contributed by atoms with Gasteiger partial charge in [-0.15, -0.1) is 11.3 Å². The van der Waals surface area contributed by atoms with Crippen LogP contribution < -0.4 is 0 Å². The Morgan fingerprint density at radius 1 is 1.47 bits per heavy atom. The first-order chi connectivity index (χ1) is 7.98. The molecule has 0 amide bonds. The van der Waals surface area contributed by atoms with Gasteiger partial charge in [0.05, 0.1) is 11.0 Å². The number of thioether (sulfide) groups is 1. The van der Waals surface area contributed by atoms with Crippen molar-refractivity contribution in [3.8, 4) is 0 Å². The summed E-state index contributed by atoms with van der Waals surface area (Å²) in [6.45, 7) is 0. The highest BCUT2D eigenvalue weighted by atomic mass is 32.2. The molecule has 2 rings (SSSR count). The summed E-state index contributed by atoms with van der Waals surface area (Å²) in [5.41, 5.74) is 0. The summed E-state index contributed by atoms with van der Waals surface area (Å²) in [4.78, 5) is 3.65. The quantitative estimate of drug-likeness (QED) is 0.903. The average Bonchev–Trinajstić information content (AvgIpc) is 2.78. The molecule has 1 aliphatic heterocycles. The molecule has 7 heteroatoms. The monoisotopic (exact) mass is 283 g/mol. The molecular formula is C10H12F3NOS2. The largest absolute Gasteiger partial charge is 0.443 e. The van der Waals surface area contributed by atoms with Crippen LogP contribution in [0.5, 0.6) is 0 Å². The van der Waals surface area contributed by atoms with Gasteiger partial charge in [-0.1, -0.05) is 0 Å². The van der Waals surface area contributed by atoms with Gasteiger partial charge in [-0.25, -0.2) is 4.98 Å². The van der Waals surface area contributed by atoms with Crippen LogP contribution >= 0.6 is 23.1 Å². The number of halogens is 3. The third-order valence-corrected chi connectivity index (χ3v) is 5.05. The van der Waals surface area contributed by atoms with Crippen LogP contribution in [0.4, 0.5) is 13.2 Å². The summed E-state index contributed by atoms with van der Waals surface area (Å²) >= 11 is 2.29. The number of aromatic nitrogens is 1. The van der Waals surface area contributed by atoms with E-state index in [9.17, 15) is 18.3 Å². The van der Waals surface area contributed by atoms with E-state index in [1.54, 1.807) is 11.8 Å². The number of aliphatic hydroxyl groups is 1. The lowest BCUT2D eigenvalue weighted by molar-refractivity contribution is -0.137. The van der Waals surface area contributed by atoms with Crippen molar-refractivity contribution in [2.75, 3.05) is 11.5 Å². The van der Waals surface area contributed by atoms with E-state index in [4.69, 9.17) is 0 Å². The molecule has 0 aromatic carbocycles. The van der Waals surface area contributed by atoms with E-state index < -0.39 is 17.3 Å². The first-order valence-electron chi connectivity index (χ1n) is 5.27. The van der Waals surface area contributed by atoms with Gasteiger partial charge >= 0.3 is 6.18 Å². The van der Waals surface area contributed by atoms with Crippen molar-refractivity contribution in [1.82, 2.24) is 4.98 Å². The highest BCUT2D eigenvalue weighted by molar-refractivity contribution is 7.99. The van der Waals surface area contributed by atoms with E-state index in [0.717, 1.165) is 30.5 Å². The van der Waals surface area contributed by atoms with Gasteiger partial charge in [0, 0.05) is 6.20 Å². The lowest BCUT2D eigenvalue weighted by Crippen LogP contribution is -2.18. The Balaban J connectivity index is 2.08. The van der Waals surface area contributed by atoms with Crippen molar-refractivity contribution in [2.45, 2.75) is 25.1 Å². The number of rotatable bonds is 2. The SMILES string of the molecule is OC(c1cnc(C(F)(F)F)s1)C1CCCSC1. The van der Waals surface area contributed by atoms with Gasteiger partial charge in [-0.3, -0.25) is 0 Å². The van der Waals surface area contributed by atoms with E-state index in [1.165, 1.54) is 0 Å². The molecule has 0 aliphatic carbocycles. The third-order valence-electron chi connectivity index (χ3n) is 2.70. The highest BCUT2D eigenvalue weighted by Gasteiger charge is 2.36. The lowest BCUT2D eigenvalue weighted by atomic mass is 9.98. The number of hydrogen-bond donors (Lipinski definition) is 1. The van der Waals surface area contributed by atoms with Crippen molar-refractivity contribution in [1.29, 1.82) is 0 Å². The van der Waals surface area contributed by atoms with Gasteiger partial charge in [-0.2, -0.15) is 24.9 Å². The smallest absolute Gasteiger partial charge is 0.387 e. The fourth-order valence-electron chi connectivity index (χ4n) is 1.80. The molecule has 0 bridgehead atoms. The second kappa shape index (κ2) is 5.16. The number of aliphatic hydroxyl groups excluding tert-OH is 1.